The Labute approximate surface area is 245 Å². The van der Waals surface area contributed by atoms with Crippen LogP contribution in [0.15, 0.2) is 36.4 Å². The van der Waals surface area contributed by atoms with Crippen LogP contribution in [0.4, 0.5) is 4.39 Å². The highest BCUT2D eigenvalue weighted by atomic mass is 35.5. The zero-order chi connectivity index (χ0) is 28.8. The molecule has 41 heavy (non-hydrogen) atoms. The van der Waals surface area contributed by atoms with Crippen molar-refractivity contribution in [2.24, 2.45) is 23.2 Å². The minimum absolute atomic E-state index is 0.0758. The number of carbonyl (C=O) groups is 1. The molecule has 1 N–H and O–H groups in total. The highest BCUT2D eigenvalue weighted by Crippen LogP contribution is 2.60. The molecule has 2 aromatic carbocycles. The van der Waals surface area contributed by atoms with Gasteiger partial charge in [0.2, 0.25) is 0 Å². The molecule has 4 aliphatic carbocycles. The van der Waals surface area contributed by atoms with Crippen LogP contribution in [0.25, 0.3) is 0 Å². The number of benzene rings is 2. The lowest BCUT2D eigenvalue weighted by atomic mass is 9.50. The van der Waals surface area contributed by atoms with Crippen molar-refractivity contribution in [3.8, 4) is 11.5 Å². The zero-order valence-electron chi connectivity index (χ0n) is 23.1. The Bertz CT molecular complexity index is 1370. The Morgan fingerprint density at radius 2 is 1.76 bits per heavy atom. The Hall–Kier alpha value is -2.40. The van der Waals surface area contributed by atoms with Crippen molar-refractivity contribution in [3.63, 3.8) is 0 Å². The van der Waals surface area contributed by atoms with Gasteiger partial charge in [-0.3, -0.25) is 4.79 Å². The Balaban J connectivity index is 1.04. The summed E-state index contributed by atoms with van der Waals surface area (Å²) in [5.41, 5.74) is 0.593. The van der Waals surface area contributed by atoms with Crippen molar-refractivity contribution < 1.29 is 31.8 Å². The molecule has 1 heterocycles. The molecule has 11 heteroatoms. The maximum absolute atomic E-state index is 15.1. The van der Waals surface area contributed by atoms with Crippen LogP contribution >= 0.6 is 11.6 Å². The first-order valence-corrected chi connectivity index (χ1v) is 16.1. The average Bonchev–Trinajstić information content (AvgIpc) is 3.42. The number of rotatable bonds is 10. The van der Waals surface area contributed by atoms with E-state index in [1.165, 1.54) is 19.3 Å². The second-order valence-corrected chi connectivity index (χ2v) is 14.4. The van der Waals surface area contributed by atoms with E-state index in [9.17, 15) is 13.2 Å². The lowest BCUT2D eigenvalue weighted by Crippen LogP contribution is -2.48. The predicted octanol–water partition coefficient (Wildman–Crippen LogP) is 5.35. The summed E-state index contributed by atoms with van der Waals surface area (Å²) in [6.45, 7) is 1.05. The summed E-state index contributed by atoms with van der Waals surface area (Å²) in [5, 5.41) is 0.0758. The molecule has 1 amide bonds. The second kappa shape index (κ2) is 11.4. The third kappa shape index (κ3) is 6.21. The van der Waals surface area contributed by atoms with Gasteiger partial charge in [0, 0.05) is 24.6 Å². The van der Waals surface area contributed by atoms with Crippen molar-refractivity contribution in [3.05, 3.63) is 58.4 Å². The van der Waals surface area contributed by atoms with E-state index in [0.717, 1.165) is 64.8 Å². The molecular formula is C30H36ClFN2O6S. The SMILES string of the molecule is COc1ccc(COC2CCN(S(=O)(=O)NC(=O)c3cc(Cl)c(OCC45CC6CC(CC(C6)C4)C5)cc3F)C2)cc1. The summed E-state index contributed by atoms with van der Waals surface area (Å²) < 4.78 is 61.1. The molecule has 5 fully saturated rings. The second-order valence-electron chi connectivity index (χ2n) is 12.3. The van der Waals surface area contributed by atoms with Crippen LogP contribution < -0.4 is 14.2 Å². The van der Waals surface area contributed by atoms with E-state index in [4.69, 9.17) is 25.8 Å². The maximum Gasteiger partial charge on any atom is 0.304 e. The molecule has 1 aliphatic heterocycles. The number of amides is 1. The Morgan fingerprint density at radius 1 is 1.10 bits per heavy atom. The molecule has 7 rings (SSSR count). The molecule has 1 unspecified atom stereocenters. The number of hydrogen-bond acceptors (Lipinski definition) is 6. The first-order valence-electron chi connectivity index (χ1n) is 14.3. The number of nitrogens with zero attached hydrogens (tertiary/aromatic N) is 1. The van der Waals surface area contributed by atoms with Crippen molar-refractivity contribution in [2.45, 2.75) is 57.7 Å². The van der Waals surface area contributed by atoms with Crippen LogP contribution in [-0.4, -0.2) is 51.5 Å². The topological polar surface area (TPSA) is 94.2 Å². The third-order valence-electron chi connectivity index (χ3n) is 9.28. The van der Waals surface area contributed by atoms with E-state index < -0.39 is 27.5 Å². The van der Waals surface area contributed by atoms with E-state index in [1.54, 1.807) is 7.11 Å². The molecule has 4 bridgehead atoms. The normalized spacial score (nSPS) is 29.0. The molecule has 0 radical (unpaired) electrons. The lowest BCUT2D eigenvalue weighted by molar-refractivity contribution is -0.0745. The number of carbonyl (C=O) groups excluding carboxylic acids is 1. The summed E-state index contributed by atoms with van der Waals surface area (Å²) in [7, 11) is -2.62. The van der Waals surface area contributed by atoms with Crippen LogP contribution in [0.1, 0.15) is 60.9 Å². The summed E-state index contributed by atoms with van der Waals surface area (Å²) in [5.74, 6) is 1.23. The highest BCUT2D eigenvalue weighted by Gasteiger charge is 2.51. The van der Waals surface area contributed by atoms with E-state index >= 15 is 4.39 Å². The lowest BCUT2D eigenvalue weighted by Gasteiger charge is -2.56. The minimum Gasteiger partial charge on any atom is -0.497 e. The molecule has 0 aromatic heterocycles. The number of nitrogens with one attached hydrogen (secondary N) is 1. The summed E-state index contributed by atoms with van der Waals surface area (Å²) in [6.07, 6.45) is 7.51. The fraction of sp³-hybridized carbons (Fsp3) is 0.567. The molecular weight excluding hydrogens is 571 g/mol. The van der Waals surface area contributed by atoms with Crippen LogP contribution in [-0.2, 0) is 21.6 Å². The largest absolute Gasteiger partial charge is 0.497 e. The molecule has 2 aromatic rings. The van der Waals surface area contributed by atoms with Crippen LogP contribution in [0, 0.1) is 29.0 Å². The van der Waals surface area contributed by atoms with Crippen molar-refractivity contribution in [2.75, 3.05) is 26.8 Å². The molecule has 5 aliphatic rings. The molecule has 1 atom stereocenters. The van der Waals surface area contributed by atoms with Gasteiger partial charge in [0.05, 0.1) is 37.0 Å². The molecule has 222 valence electrons. The zero-order valence-corrected chi connectivity index (χ0v) is 24.7. The molecule has 4 saturated carbocycles. The van der Waals surface area contributed by atoms with Crippen LogP contribution in [0.5, 0.6) is 11.5 Å². The monoisotopic (exact) mass is 606 g/mol. The first kappa shape index (κ1) is 28.7. The number of ether oxygens (including phenoxy) is 3. The van der Waals surface area contributed by atoms with Gasteiger partial charge >= 0.3 is 10.2 Å². The fourth-order valence-corrected chi connectivity index (χ4v) is 9.14. The highest BCUT2D eigenvalue weighted by molar-refractivity contribution is 7.87. The van der Waals surface area contributed by atoms with Gasteiger partial charge in [-0.1, -0.05) is 23.7 Å². The van der Waals surface area contributed by atoms with E-state index in [0.29, 0.717) is 19.6 Å². The van der Waals surface area contributed by atoms with E-state index in [2.05, 4.69) is 0 Å². The molecule has 1 saturated heterocycles. The van der Waals surface area contributed by atoms with Crippen molar-refractivity contribution in [1.82, 2.24) is 9.03 Å². The van der Waals surface area contributed by atoms with E-state index in [-0.39, 0.29) is 35.4 Å². The van der Waals surface area contributed by atoms with Gasteiger partial charge in [0.15, 0.2) is 0 Å². The van der Waals surface area contributed by atoms with Gasteiger partial charge in [-0.15, -0.1) is 0 Å². The van der Waals surface area contributed by atoms with Crippen molar-refractivity contribution in [1.29, 1.82) is 0 Å². The molecule has 0 spiro atoms. The summed E-state index contributed by atoms with van der Waals surface area (Å²) in [6, 6.07) is 9.63. The van der Waals surface area contributed by atoms with Gasteiger partial charge in [-0.25, -0.2) is 9.11 Å². The molecule has 8 nitrogen and oxygen atoms in total. The standard InChI is InChI=1S/C30H36ClFN2O6S/c1-38-23-4-2-19(3-5-23)17-39-24-6-7-34(16-24)41(36,37)33-29(35)25-11-26(31)28(12-27(25)32)40-18-30-13-20-8-21(14-30)10-22(9-20)15-30/h2-5,11-12,20-22,24H,6-10,13-18H2,1H3,(H,33,35). The van der Waals surface area contributed by atoms with Gasteiger partial charge in [0.1, 0.15) is 17.3 Å². The first-order chi connectivity index (χ1) is 19.6. The van der Waals surface area contributed by atoms with Gasteiger partial charge in [0.25, 0.3) is 5.91 Å². The van der Waals surface area contributed by atoms with Gasteiger partial charge < -0.3 is 14.2 Å². The maximum atomic E-state index is 15.1. The number of methoxy groups -OCH3 is 1. The van der Waals surface area contributed by atoms with Crippen molar-refractivity contribution >= 4 is 27.7 Å². The quantitative estimate of drug-likeness (QED) is 0.392. The summed E-state index contributed by atoms with van der Waals surface area (Å²) in [4.78, 5) is 12.8. The smallest absolute Gasteiger partial charge is 0.304 e. The minimum atomic E-state index is -4.21. The fourth-order valence-electron chi connectivity index (χ4n) is 7.74. The Kier molecular flexibility index (Phi) is 7.95. The average molecular weight is 607 g/mol. The predicted molar refractivity (Wildman–Crippen MR) is 152 cm³/mol. The summed E-state index contributed by atoms with van der Waals surface area (Å²) >= 11 is 6.40. The van der Waals surface area contributed by atoms with Crippen LogP contribution in [0.2, 0.25) is 5.02 Å². The van der Waals surface area contributed by atoms with E-state index in [1.807, 2.05) is 29.0 Å². The van der Waals surface area contributed by atoms with Crippen LogP contribution in [0.3, 0.4) is 0 Å². The van der Waals surface area contributed by atoms with Gasteiger partial charge in [-0.05, 0) is 86.5 Å². The Morgan fingerprint density at radius 3 is 2.39 bits per heavy atom. The number of halogens is 2. The third-order valence-corrected chi connectivity index (χ3v) is 11.0. The van der Waals surface area contributed by atoms with Gasteiger partial charge in [-0.2, -0.15) is 12.7 Å². The number of hydrogen-bond donors (Lipinski definition) is 1.